The molecule has 1 aromatic rings. The third-order valence-corrected chi connectivity index (χ3v) is 2.83. The van der Waals surface area contributed by atoms with E-state index < -0.39 is 0 Å². The highest BCUT2D eigenvalue weighted by Gasteiger charge is 2.10. The largest absolute Gasteiger partial charge is 0.493 e. The van der Waals surface area contributed by atoms with Gasteiger partial charge in [0, 0.05) is 12.1 Å². The predicted octanol–water partition coefficient (Wildman–Crippen LogP) is 2.13. The van der Waals surface area contributed by atoms with E-state index in [4.69, 9.17) is 9.47 Å². The topological polar surface area (TPSA) is 50.7 Å². The van der Waals surface area contributed by atoms with Crippen LogP contribution in [-0.4, -0.2) is 37.5 Å². The Bertz CT molecular complexity index is 380. The van der Waals surface area contributed by atoms with Crippen molar-refractivity contribution in [2.75, 3.05) is 20.3 Å². The zero-order chi connectivity index (χ0) is 14.3. The number of nitrogens with one attached hydrogen (secondary N) is 1. The van der Waals surface area contributed by atoms with Crippen molar-refractivity contribution in [3.63, 3.8) is 0 Å². The average Bonchev–Trinajstić information content (AvgIpc) is 2.38. The Morgan fingerprint density at radius 3 is 2.58 bits per heavy atom. The second kappa shape index (κ2) is 8.02. The lowest BCUT2D eigenvalue weighted by Crippen LogP contribution is -2.38. The minimum atomic E-state index is 0.0662. The lowest BCUT2D eigenvalue weighted by Gasteiger charge is -2.19. The molecule has 1 atom stereocenters. The van der Waals surface area contributed by atoms with Gasteiger partial charge in [-0.1, -0.05) is 19.9 Å². The van der Waals surface area contributed by atoms with Gasteiger partial charge in [-0.05, 0) is 31.0 Å². The predicted molar refractivity (Wildman–Crippen MR) is 77.0 cm³/mol. The fraction of sp³-hybridized carbons (Fsp3) is 0.600. The Balaban J connectivity index is 2.48. The van der Waals surface area contributed by atoms with Gasteiger partial charge < -0.3 is 19.9 Å². The van der Waals surface area contributed by atoms with Crippen molar-refractivity contribution < 1.29 is 14.6 Å². The fourth-order valence-electron chi connectivity index (χ4n) is 1.90. The molecule has 1 rings (SSSR count). The molecule has 0 heterocycles. The van der Waals surface area contributed by atoms with Gasteiger partial charge in [-0.3, -0.25) is 0 Å². The van der Waals surface area contributed by atoms with E-state index in [0.717, 1.165) is 23.5 Å². The molecule has 0 radical (unpaired) electrons. The molecule has 2 N–H and O–H groups in total. The molecule has 0 amide bonds. The number of aryl methyl sites for hydroxylation is 1. The average molecular weight is 267 g/mol. The first-order chi connectivity index (χ1) is 9.06. The van der Waals surface area contributed by atoms with Gasteiger partial charge in [0.15, 0.2) is 11.5 Å². The first-order valence-corrected chi connectivity index (χ1v) is 6.71. The van der Waals surface area contributed by atoms with Crippen molar-refractivity contribution in [2.45, 2.75) is 39.3 Å². The van der Waals surface area contributed by atoms with E-state index in [0.29, 0.717) is 12.6 Å². The summed E-state index contributed by atoms with van der Waals surface area (Å²) in [6.45, 7) is 6.80. The minimum absolute atomic E-state index is 0.0662. The first kappa shape index (κ1) is 15.8. The van der Waals surface area contributed by atoms with Gasteiger partial charge in [-0.2, -0.15) is 0 Å². The lowest BCUT2D eigenvalue weighted by atomic mass is 10.2. The highest BCUT2D eigenvalue weighted by atomic mass is 16.5. The summed E-state index contributed by atoms with van der Waals surface area (Å²) in [5, 5.41) is 12.6. The van der Waals surface area contributed by atoms with Crippen LogP contribution in [0.25, 0.3) is 0 Å². The summed E-state index contributed by atoms with van der Waals surface area (Å²) < 4.78 is 11.0. The number of hydrogen-bond donors (Lipinski definition) is 2. The van der Waals surface area contributed by atoms with Gasteiger partial charge in [-0.25, -0.2) is 0 Å². The maximum absolute atomic E-state index is 9.27. The van der Waals surface area contributed by atoms with Gasteiger partial charge in [0.05, 0.1) is 20.3 Å². The van der Waals surface area contributed by atoms with E-state index in [1.54, 1.807) is 7.11 Å². The maximum atomic E-state index is 9.27. The van der Waals surface area contributed by atoms with Crippen LogP contribution in [0.3, 0.4) is 0 Å². The SMILES string of the molecule is COc1cc(C)ccc1OCCC(CO)NC(C)C. The maximum Gasteiger partial charge on any atom is 0.161 e. The Kier molecular flexibility index (Phi) is 6.67. The van der Waals surface area contributed by atoms with E-state index in [9.17, 15) is 5.11 Å². The molecule has 4 nitrogen and oxygen atoms in total. The van der Waals surface area contributed by atoms with Crippen LogP contribution in [0.4, 0.5) is 0 Å². The van der Waals surface area contributed by atoms with E-state index in [1.807, 2.05) is 25.1 Å². The quantitative estimate of drug-likeness (QED) is 0.757. The van der Waals surface area contributed by atoms with E-state index in [-0.39, 0.29) is 12.6 Å². The molecular weight excluding hydrogens is 242 g/mol. The first-order valence-electron chi connectivity index (χ1n) is 6.71. The number of methoxy groups -OCH3 is 1. The normalized spacial score (nSPS) is 12.5. The molecule has 0 aliphatic heterocycles. The van der Waals surface area contributed by atoms with Gasteiger partial charge >= 0.3 is 0 Å². The number of aliphatic hydroxyl groups is 1. The number of aliphatic hydroxyl groups excluding tert-OH is 1. The molecule has 0 saturated heterocycles. The molecule has 108 valence electrons. The zero-order valence-electron chi connectivity index (χ0n) is 12.3. The van der Waals surface area contributed by atoms with Crippen molar-refractivity contribution in [1.29, 1.82) is 0 Å². The molecule has 1 unspecified atom stereocenters. The van der Waals surface area contributed by atoms with Gasteiger partial charge in [0.1, 0.15) is 0 Å². The van der Waals surface area contributed by atoms with Crippen LogP contribution in [-0.2, 0) is 0 Å². The number of rotatable bonds is 8. The standard InChI is InChI=1S/C15H25NO3/c1-11(2)16-13(10-17)7-8-19-14-6-5-12(3)9-15(14)18-4/h5-6,9,11,13,16-17H,7-8,10H2,1-4H3. The summed E-state index contributed by atoms with van der Waals surface area (Å²) in [7, 11) is 1.64. The molecule has 0 fully saturated rings. The molecule has 0 saturated carbocycles. The Hall–Kier alpha value is -1.26. The smallest absolute Gasteiger partial charge is 0.161 e. The number of hydrogen-bond acceptors (Lipinski definition) is 4. The number of ether oxygens (including phenoxy) is 2. The summed E-state index contributed by atoms with van der Waals surface area (Å²) >= 11 is 0. The lowest BCUT2D eigenvalue weighted by molar-refractivity contribution is 0.200. The third-order valence-electron chi connectivity index (χ3n) is 2.83. The molecular formula is C15H25NO3. The van der Waals surface area contributed by atoms with Crippen molar-refractivity contribution in [3.05, 3.63) is 23.8 Å². The van der Waals surface area contributed by atoms with Crippen molar-refractivity contribution >= 4 is 0 Å². The number of benzene rings is 1. The third kappa shape index (κ3) is 5.49. The van der Waals surface area contributed by atoms with Crippen LogP contribution < -0.4 is 14.8 Å². The molecule has 19 heavy (non-hydrogen) atoms. The Morgan fingerprint density at radius 2 is 2.00 bits per heavy atom. The molecule has 0 aromatic heterocycles. The summed E-state index contributed by atoms with van der Waals surface area (Å²) in [5.74, 6) is 1.49. The van der Waals surface area contributed by atoms with Gasteiger partial charge in [0.2, 0.25) is 0 Å². The van der Waals surface area contributed by atoms with Crippen LogP contribution in [0.2, 0.25) is 0 Å². The second-order valence-electron chi connectivity index (χ2n) is 4.99. The Labute approximate surface area is 115 Å². The minimum Gasteiger partial charge on any atom is -0.493 e. The van der Waals surface area contributed by atoms with Crippen molar-refractivity contribution in [1.82, 2.24) is 5.32 Å². The van der Waals surface area contributed by atoms with E-state index in [2.05, 4.69) is 19.2 Å². The summed E-state index contributed by atoms with van der Waals surface area (Å²) in [6, 6.07) is 6.28. The van der Waals surface area contributed by atoms with Crippen molar-refractivity contribution in [3.8, 4) is 11.5 Å². The summed E-state index contributed by atoms with van der Waals surface area (Å²) in [6.07, 6.45) is 0.756. The molecule has 0 bridgehead atoms. The van der Waals surface area contributed by atoms with Gasteiger partial charge in [-0.15, -0.1) is 0 Å². The van der Waals surface area contributed by atoms with E-state index >= 15 is 0 Å². The van der Waals surface area contributed by atoms with Crippen LogP contribution in [0.1, 0.15) is 25.8 Å². The van der Waals surface area contributed by atoms with Crippen LogP contribution in [0, 0.1) is 6.92 Å². The molecule has 0 aliphatic rings. The monoisotopic (exact) mass is 267 g/mol. The highest BCUT2D eigenvalue weighted by molar-refractivity contribution is 5.42. The molecule has 4 heteroatoms. The fourth-order valence-corrected chi connectivity index (χ4v) is 1.90. The molecule has 1 aromatic carbocycles. The molecule has 0 spiro atoms. The Morgan fingerprint density at radius 1 is 1.26 bits per heavy atom. The van der Waals surface area contributed by atoms with Crippen LogP contribution in [0.5, 0.6) is 11.5 Å². The summed E-state index contributed by atoms with van der Waals surface area (Å²) in [5.41, 5.74) is 1.14. The highest BCUT2D eigenvalue weighted by Crippen LogP contribution is 2.27. The molecule has 0 aliphatic carbocycles. The zero-order valence-corrected chi connectivity index (χ0v) is 12.3. The van der Waals surface area contributed by atoms with Crippen molar-refractivity contribution in [2.24, 2.45) is 0 Å². The van der Waals surface area contributed by atoms with Gasteiger partial charge in [0.25, 0.3) is 0 Å². The van der Waals surface area contributed by atoms with Crippen LogP contribution >= 0.6 is 0 Å². The van der Waals surface area contributed by atoms with E-state index in [1.165, 1.54) is 0 Å². The van der Waals surface area contributed by atoms with Crippen LogP contribution in [0.15, 0.2) is 18.2 Å². The second-order valence-corrected chi connectivity index (χ2v) is 4.99. The summed E-state index contributed by atoms with van der Waals surface area (Å²) in [4.78, 5) is 0.